The number of hydrogen-bond acceptors (Lipinski definition) is 2. The number of carboxylic acid groups (broad SMARTS) is 1. The highest BCUT2D eigenvalue weighted by Crippen LogP contribution is 2.20. The standard InChI is InChI=1S/C16H22ClNO3/c1-3-4-11(2)9-15(19)18-14(10-16(20)21)12-5-7-13(17)8-6-12/h5-8,11,14H,3-4,9-10H2,1-2H3,(H,18,19)(H,20,21)/t11?,14-/m0/s1. The lowest BCUT2D eigenvalue weighted by Gasteiger charge is -2.19. The molecule has 116 valence electrons. The lowest BCUT2D eigenvalue weighted by molar-refractivity contribution is -0.137. The van der Waals surface area contributed by atoms with Gasteiger partial charge < -0.3 is 10.4 Å². The van der Waals surface area contributed by atoms with Crippen molar-refractivity contribution >= 4 is 23.5 Å². The van der Waals surface area contributed by atoms with E-state index < -0.39 is 12.0 Å². The van der Waals surface area contributed by atoms with Gasteiger partial charge in [-0.1, -0.05) is 50.4 Å². The van der Waals surface area contributed by atoms with Crippen LogP contribution in [0.2, 0.25) is 5.02 Å². The topological polar surface area (TPSA) is 66.4 Å². The fraction of sp³-hybridized carbons (Fsp3) is 0.500. The first kappa shape index (κ1) is 17.5. The van der Waals surface area contributed by atoms with Crippen molar-refractivity contribution in [2.45, 2.75) is 45.6 Å². The predicted molar refractivity (Wildman–Crippen MR) is 83.3 cm³/mol. The van der Waals surface area contributed by atoms with E-state index in [-0.39, 0.29) is 12.3 Å². The smallest absolute Gasteiger partial charge is 0.305 e. The van der Waals surface area contributed by atoms with E-state index in [4.69, 9.17) is 16.7 Å². The van der Waals surface area contributed by atoms with E-state index in [2.05, 4.69) is 12.2 Å². The van der Waals surface area contributed by atoms with E-state index >= 15 is 0 Å². The largest absolute Gasteiger partial charge is 0.481 e. The van der Waals surface area contributed by atoms with Crippen molar-refractivity contribution in [3.63, 3.8) is 0 Å². The molecular weight excluding hydrogens is 290 g/mol. The summed E-state index contributed by atoms with van der Waals surface area (Å²) in [6.45, 7) is 4.10. The lowest BCUT2D eigenvalue weighted by atomic mass is 10.00. The minimum absolute atomic E-state index is 0.114. The first-order valence-corrected chi connectivity index (χ1v) is 7.56. The average Bonchev–Trinajstić information content (AvgIpc) is 2.38. The van der Waals surface area contributed by atoms with E-state index in [1.807, 2.05) is 6.92 Å². The number of nitrogens with one attached hydrogen (secondary N) is 1. The molecule has 0 aliphatic heterocycles. The Bertz CT molecular complexity index is 473. The fourth-order valence-electron chi connectivity index (χ4n) is 2.29. The first-order valence-electron chi connectivity index (χ1n) is 7.19. The van der Waals surface area contributed by atoms with Gasteiger partial charge in [-0.25, -0.2) is 0 Å². The van der Waals surface area contributed by atoms with Crippen molar-refractivity contribution in [3.8, 4) is 0 Å². The Morgan fingerprint density at radius 3 is 2.38 bits per heavy atom. The molecule has 0 spiro atoms. The molecule has 1 aromatic carbocycles. The van der Waals surface area contributed by atoms with E-state index in [1.165, 1.54) is 0 Å². The number of aliphatic carboxylic acids is 1. The van der Waals surface area contributed by atoms with E-state index in [9.17, 15) is 9.59 Å². The Labute approximate surface area is 130 Å². The second-order valence-corrected chi connectivity index (χ2v) is 5.80. The molecule has 4 nitrogen and oxygen atoms in total. The average molecular weight is 312 g/mol. The summed E-state index contributed by atoms with van der Waals surface area (Å²) in [5.41, 5.74) is 0.748. The number of rotatable bonds is 8. The normalized spacial score (nSPS) is 13.5. The zero-order valence-corrected chi connectivity index (χ0v) is 13.2. The van der Waals surface area contributed by atoms with Crippen molar-refractivity contribution in [1.29, 1.82) is 0 Å². The van der Waals surface area contributed by atoms with Gasteiger partial charge in [0.05, 0.1) is 12.5 Å². The van der Waals surface area contributed by atoms with Gasteiger partial charge in [0, 0.05) is 11.4 Å². The molecule has 5 heteroatoms. The van der Waals surface area contributed by atoms with Gasteiger partial charge in [-0.3, -0.25) is 9.59 Å². The van der Waals surface area contributed by atoms with Crippen molar-refractivity contribution in [2.75, 3.05) is 0 Å². The van der Waals surface area contributed by atoms with Gasteiger partial charge in [0.1, 0.15) is 0 Å². The summed E-state index contributed by atoms with van der Waals surface area (Å²) in [6, 6.07) is 6.34. The van der Waals surface area contributed by atoms with Gasteiger partial charge >= 0.3 is 5.97 Å². The third kappa shape index (κ3) is 6.63. The number of halogens is 1. The number of benzene rings is 1. The summed E-state index contributed by atoms with van der Waals surface area (Å²) < 4.78 is 0. The highest BCUT2D eigenvalue weighted by atomic mass is 35.5. The predicted octanol–water partition coefficient (Wildman–Crippen LogP) is 3.80. The summed E-state index contributed by atoms with van der Waals surface area (Å²) in [5.74, 6) is -0.764. The Balaban J connectivity index is 2.72. The molecule has 0 saturated carbocycles. The Kier molecular flexibility index (Phi) is 7.23. The third-order valence-electron chi connectivity index (χ3n) is 3.30. The molecular formula is C16H22ClNO3. The molecule has 0 aromatic heterocycles. The molecule has 0 aliphatic carbocycles. The monoisotopic (exact) mass is 311 g/mol. The van der Waals surface area contributed by atoms with Crippen molar-refractivity contribution in [2.24, 2.45) is 5.92 Å². The minimum Gasteiger partial charge on any atom is -0.481 e. The third-order valence-corrected chi connectivity index (χ3v) is 3.55. The maximum absolute atomic E-state index is 12.0. The van der Waals surface area contributed by atoms with Crippen molar-refractivity contribution in [3.05, 3.63) is 34.9 Å². The van der Waals surface area contributed by atoms with Crippen LogP contribution < -0.4 is 5.32 Å². The summed E-state index contributed by atoms with van der Waals surface area (Å²) in [5, 5.41) is 12.4. The molecule has 1 amide bonds. The minimum atomic E-state index is -0.947. The molecule has 0 radical (unpaired) electrons. The first-order chi connectivity index (χ1) is 9.92. The van der Waals surface area contributed by atoms with Crippen LogP contribution in [-0.4, -0.2) is 17.0 Å². The Morgan fingerprint density at radius 1 is 1.24 bits per heavy atom. The number of carboxylic acids is 1. The molecule has 0 heterocycles. The van der Waals surface area contributed by atoms with Crippen LogP contribution in [-0.2, 0) is 9.59 Å². The van der Waals surface area contributed by atoms with Crippen LogP contribution in [0.3, 0.4) is 0 Å². The number of carbonyl (C=O) groups excluding carboxylic acids is 1. The number of carbonyl (C=O) groups is 2. The molecule has 0 aliphatic rings. The van der Waals surface area contributed by atoms with Crippen LogP contribution >= 0.6 is 11.6 Å². The summed E-state index contributed by atoms with van der Waals surface area (Å²) in [4.78, 5) is 23.0. The Hall–Kier alpha value is -1.55. The zero-order chi connectivity index (χ0) is 15.8. The van der Waals surface area contributed by atoms with E-state index in [0.29, 0.717) is 17.4 Å². The van der Waals surface area contributed by atoms with Crippen LogP contribution in [0.15, 0.2) is 24.3 Å². The van der Waals surface area contributed by atoms with Crippen LogP contribution in [0.25, 0.3) is 0 Å². The SMILES string of the molecule is CCCC(C)CC(=O)N[C@@H](CC(=O)O)c1ccc(Cl)cc1. The molecule has 1 rings (SSSR count). The lowest BCUT2D eigenvalue weighted by Crippen LogP contribution is -2.31. The molecule has 1 aromatic rings. The van der Waals surface area contributed by atoms with Gasteiger partial charge in [0.15, 0.2) is 0 Å². The molecule has 0 fully saturated rings. The Morgan fingerprint density at radius 2 is 1.86 bits per heavy atom. The summed E-state index contributed by atoms with van der Waals surface area (Å²) >= 11 is 5.83. The number of amides is 1. The maximum Gasteiger partial charge on any atom is 0.305 e. The van der Waals surface area contributed by atoms with Gasteiger partial charge in [-0.05, 0) is 23.6 Å². The second-order valence-electron chi connectivity index (χ2n) is 5.37. The maximum atomic E-state index is 12.0. The van der Waals surface area contributed by atoms with Crippen LogP contribution in [0.4, 0.5) is 0 Å². The fourth-order valence-corrected chi connectivity index (χ4v) is 2.41. The number of hydrogen-bond donors (Lipinski definition) is 2. The molecule has 0 bridgehead atoms. The molecule has 0 saturated heterocycles. The zero-order valence-electron chi connectivity index (χ0n) is 12.4. The molecule has 21 heavy (non-hydrogen) atoms. The van der Waals surface area contributed by atoms with E-state index in [1.54, 1.807) is 24.3 Å². The van der Waals surface area contributed by atoms with Gasteiger partial charge in [0.25, 0.3) is 0 Å². The van der Waals surface area contributed by atoms with Gasteiger partial charge in [-0.15, -0.1) is 0 Å². The van der Waals surface area contributed by atoms with Gasteiger partial charge in [0.2, 0.25) is 5.91 Å². The van der Waals surface area contributed by atoms with Crippen LogP contribution in [0.1, 0.15) is 51.1 Å². The van der Waals surface area contributed by atoms with Crippen molar-refractivity contribution in [1.82, 2.24) is 5.32 Å². The summed E-state index contributed by atoms with van der Waals surface area (Å²) in [7, 11) is 0. The molecule has 1 unspecified atom stereocenters. The molecule has 2 atom stereocenters. The molecule has 2 N–H and O–H groups in total. The summed E-state index contributed by atoms with van der Waals surface area (Å²) in [6.07, 6.45) is 2.29. The van der Waals surface area contributed by atoms with Crippen LogP contribution in [0.5, 0.6) is 0 Å². The quantitative estimate of drug-likeness (QED) is 0.767. The highest BCUT2D eigenvalue weighted by Gasteiger charge is 2.19. The van der Waals surface area contributed by atoms with Crippen molar-refractivity contribution < 1.29 is 14.7 Å². The second kappa shape index (κ2) is 8.67. The van der Waals surface area contributed by atoms with Gasteiger partial charge in [-0.2, -0.15) is 0 Å². The van der Waals surface area contributed by atoms with Crippen LogP contribution in [0, 0.1) is 5.92 Å². The highest BCUT2D eigenvalue weighted by molar-refractivity contribution is 6.30. The van der Waals surface area contributed by atoms with E-state index in [0.717, 1.165) is 18.4 Å².